The molecule has 0 unspecified atom stereocenters. The largest absolute Gasteiger partial charge is 0.481 e. The van der Waals surface area contributed by atoms with Crippen molar-refractivity contribution in [2.45, 2.75) is 44.4 Å². The molecule has 2 rings (SSSR count). The van der Waals surface area contributed by atoms with Crippen molar-refractivity contribution in [2.75, 3.05) is 0 Å². The Kier molecular flexibility index (Phi) is 3.37. The third kappa shape index (κ3) is 2.62. The van der Waals surface area contributed by atoms with Gasteiger partial charge in [-0.25, -0.2) is 8.78 Å². The lowest BCUT2D eigenvalue weighted by Crippen LogP contribution is -2.20. The average Bonchev–Trinajstić information content (AvgIpc) is 3.08. The fourth-order valence-corrected chi connectivity index (χ4v) is 2.41. The van der Waals surface area contributed by atoms with Crippen LogP contribution in [0.15, 0.2) is 24.3 Å². The van der Waals surface area contributed by atoms with Crippen LogP contribution in [0.5, 0.6) is 0 Å². The van der Waals surface area contributed by atoms with Crippen LogP contribution in [0.2, 0.25) is 0 Å². The minimum atomic E-state index is -2.85. The van der Waals surface area contributed by atoms with Crippen LogP contribution in [-0.4, -0.2) is 11.1 Å². The van der Waals surface area contributed by atoms with Gasteiger partial charge in [0.15, 0.2) is 0 Å². The number of halogens is 2. The molecule has 0 heterocycles. The summed E-state index contributed by atoms with van der Waals surface area (Å²) in [6.07, 6.45) is 0.977. The minimum absolute atomic E-state index is 0.0360. The molecule has 4 heteroatoms. The van der Waals surface area contributed by atoms with Crippen molar-refractivity contribution in [1.82, 2.24) is 0 Å². The summed E-state index contributed by atoms with van der Waals surface area (Å²) in [6, 6.07) is 5.79. The molecule has 1 aliphatic rings. The Labute approximate surface area is 111 Å². The van der Waals surface area contributed by atoms with Crippen LogP contribution in [-0.2, 0) is 16.1 Å². The standard InChI is InChI=1S/C15H18F2O2/c1-10(2)9-15(16,17)12-5-3-11(4-6-12)14(7-8-14)13(18)19/h3-6,10H,7-9H2,1-2H3,(H,18,19). The molecule has 1 aromatic rings. The zero-order valence-corrected chi connectivity index (χ0v) is 11.1. The van der Waals surface area contributed by atoms with Gasteiger partial charge in [0.2, 0.25) is 0 Å². The van der Waals surface area contributed by atoms with E-state index in [9.17, 15) is 13.6 Å². The Balaban J connectivity index is 2.22. The number of carboxylic acids is 1. The molecular weight excluding hydrogens is 250 g/mol. The lowest BCUT2D eigenvalue weighted by Gasteiger charge is -2.20. The maximum Gasteiger partial charge on any atom is 0.314 e. The molecule has 0 saturated heterocycles. The van der Waals surface area contributed by atoms with E-state index in [1.165, 1.54) is 24.3 Å². The SMILES string of the molecule is CC(C)CC(F)(F)c1ccc(C2(C(=O)O)CC2)cc1. The van der Waals surface area contributed by atoms with Crippen LogP contribution < -0.4 is 0 Å². The van der Waals surface area contributed by atoms with E-state index in [0.717, 1.165) is 0 Å². The number of carboxylic acid groups (broad SMARTS) is 1. The molecule has 0 aliphatic heterocycles. The van der Waals surface area contributed by atoms with E-state index in [1.54, 1.807) is 13.8 Å². The molecule has 0 spiro atoms. The topological polar surface area (TPSA) is 37.3 Å². The Bertz CT molecular complexity index is 473. The van der Waals surface area contributed by atoms with Gasteiger partial charge in [-0.1, -0.05) is 38.1 Å². The lowest BCUT2D eigenvalue weighted by atomic mass is 9.92. The first kappa shape index (κ1) is 14.0. The van der Waals surface area contributed by atoms with Crippen molar-refractivity contribution in [3.8, 4) is 0 Å². The predicted molar refractivity (Wildman–Crippen MR) is 68.3 cm³/mol. The maximum atomic E-state index is 13.9. The molecule has 0 aromatic heterocycles. The molecule has 1 N–H and O–H groups in total. The fourth-order valence-electron chi connectivity index (χ4n) is 2.41. The quantitative estimate of drug-likeness (QED) is 0.878. The zero-order valence-electron chi connectivity index (χ0n) is 11.1. The van der Waals surface area contributed by atoms with Crippen molar-refractivity contribution in [2.24, 2.45) is 5.92 Å². The third-order valence-electron chi connectivity index (χ3n) is 3.68. The number of hydrogen-bond acceptors (Lipinski definition) is 1. The second kappa shape index (κ2) is 4.58. The van der Waals surface area contributed by atoms with E-state index in [-0.39, 0.29) is 17.9 Å². The summed E-state index contributed by atoms with van der Waals surface area (Å²) in [5.74, 6) is -3.82. The van der Waals surface area contributed by atoms with Crippen LogP contribution in [0.4, 0.5) is 8.78 Å². The summed E-state index contributed by atoms with van der Waals surface area (Å²) in [4.78, 5) is 11.2. The number of carbonyl (C=O) groups is 1. The Morgan fingerprint density at radius 3 is 2.21 bits per heavy atom. The summed E-state index contributed by atoms with van der Waals surface area (Å²) in [6.45, 7) is 3.51. The number of alkyl halides is 2. The van der Waals surface area contributed by atoms with Crippen molar-refractivity contribution in [1.29, 1.82) is 0 Å². The highest BCUT2D eigenvalue weighted by molar-refractivity contribution is 5.84. The summed E-state index contributed by atoms with van der Waals surface area (Å²) in [7, 11) is 0. The van der Waals surface area contributed by atoms with Gasteiger partial charge in [-0.3, -0.25) is 4.79 Å². The first-order chi connectivity index (χ1) is 8.78. The monoisotopic (exact) mass is 268 g/mol. The first-order valence-corrected chi connectivity index (χ1v) is 6.50. The molecule has 1 fully saturated rings. The molecule has 2 nitrogen and oxygen atoms in total. The average molecular weight is 268 g/mol. The molecule has 0 atom stereocenters. The Morgan fingerprint density at radius 1 is 1.32 bits per heavy atom. The molecule has 1 aliphatic carbocycles. The molecule has 19 heavy (non-hydrogen) atoms. The highest BCUT2D eigenvalue weighted by Crippen LogP contribution is 2.48. The first-order valence-electron chi connectivity index (χ1n) is 6.50. The van der Waals surface area contributed by atoms with Crippen LogP contribution in [0.25, 0.3) is 0 Å². The van der Waals surface area contributed by atoms with Crippen LogP contribution in [0.3, 0.4) is 0 Å². The number of rotatable bonds is 5. The van der Waals surface area contributed by atoms with Gasteiger partial charge < -0.3 is 5.11 Å². The van der Waals surface area contributed by atoms with Gasteiger partial charge in [-0.2, -0.15) is 0 Å². The summed E-state index contributed by atoms with van der Waals surface area (Å²) >= 11 is 0. The lowest BCUT2D eigenvalue weighted by molar-refractivity contribution is -0.140. The van der Waals surface area contributed by atoms with Crippen LogP contribution in [0.1, 0.15) is 44.2 Å². The second-order valence-corrected chi connectivity index (χ2v) is 5.77. The maximum absolute atomic E-state index is 13.9. The number of benzene rings is 1. The predicted octanol–water partition coefficient (Wildman–Crippen LogP) is 3.94. The van der Waals surface area contributed by atoms with E-state index in [0.29, 0.717) is 18.4 Å². The van der Waals surface area contributed by atoms with E-state index < -0.39 is 17.3 Å². The molecule has 0 amide bonds. The highest BCUT2D eigenvalue weighted by atomic mass is 19.3. The summed E-state index contributed by atoms with van der Waals surface area (Å²) < 4.78 is 27.8. The van der Waals surface area contributed by atoms with Gasteiger partial charge in [0, 0.05) is 12.0 Å². The summed E-state index contributed by atoms with van der Waals surface area (Å²) in [5, 5.41) is 9.16. The second-order valence-electron chi connectivity index (χ2n) is 5.77. The highest BCUT2D eigenvalue weighted by Gasteiger charge is 2.51. The van der Waals surface area contributed by atoms with Gasteiger partial charge in [0.25, 0.3) is 5.92 Å². The van der Waals surface area contributed by atoms with Crippen molar-refractivity contribution < 1.29 is 18.7 Å². The smallest absolute Gasteiger partial charge is 0.314 e. The van der Waals surface area contributed by atoms with Gasteiger partial charge in [0.05, 0.1) is 5.41 Å². The molecule has 0 bridgehead atoms. The van der Waals surface area contributed by atoms with Crippen LogP contribution >= 0.6 is 0 Å². The minimum Gasteiger partial charge on any atom is -0.481 e. The van der Waals surface area contributed by atoms with Crippen molar-refractivity contribution in [3.05, 3.63) is 35.4 Å². The Hall–Kier alpha value is -1.45. The van der Waals surface area contributed by atoms with Gasteiger partial charge >= 0.3 is 5.97 Å². The normalized spacial score (nSPS) is 17.5. The third-order valence-corrected chi connectivity index (χ3v) is 3.68. The number of hydrogen-bond donors (Lipinski definition) is 1. The number of aliphatic carboxylic acids is 1. The van der Waals surface area contributed by atoms with Crippen molar-refractivity contribution in [3.63, 3.8) is 0 Å². The zero-order chi connectivity index (χ0) is 14.3. The molecule has 0 radical (unpaired) electrons. The van der Waals surface area contributed by atoms with E-state index in [1.807, 2.05) is 0 Å². The van der Waals surface area contributed by atoms with Crippen molar-refractivity contribution >= 4 is 5.97 Å². The fraction of sp³-hybridized carbons (Fsp3) is 0.533. The van der Waals surface area contributed by atoms with E-state index >= 15 is 0 Å². The molecule has 1 saturated carbocycles. The molecular formula is C15H18F2O2. The van der Waals surface area contributed by atoms with Gasteiger partial charge in [0.1, 0.15) is 0 Å². The van der Waals surface area contributed by atoms with Gasteiger partial charge in [-0.05, 0) is 24.3 Å². The van der Waals surface area contributed by atoms with Gasteiger partial charge in [-0.15, -0.1) is 0 Å². The van der Waals surface area contributed by atoms with Crippen LogP contribution in [0, 0.1) is 5.92 Å². The molecule has 104 valence electrons. The van der Waals surface area contributed by atoms with E-state index in [2.05, 4.69) is 0 Å². The van der Waals surface area contributed by atoms with E-state index in [4.69, 9.17) is 5.11 Å². The Morgan fingerprint density at radius 2 is 1.84 bits per heavy atom. The summed E-state index contributed by atoms with van der Waals surface area (Å²) in [5.41, 5.74) is -0.235. The molecule has 1 aromatic carbocycles.